The van der Waals surface area contributed by atoms with E-state index in [-0.39, 0.29) is 33.6 Å². The Labute approximate surface area is 164 Å². The SMILES string of the molecule is CCOC(=O)c1cc(-c2ccc(C=C3C(=O)NC(=S)NC3=O)o2)ccc1Cl. The van der Waals surface area contributed by atoms with Crippen LogP contribution in [0.5, 0.6) is 0 Å². The molecule has 0 spiro atoms. The lowest BCUT2D eigenvalue weighted by molar-refractivity contribution is -0.123. The van der Waals surface area contributed by atoms with Crippen LogP contribution in [0.3, 0.4) is 0 Å². The van der Waals surface area contributed by atoms with Gasteiger partial charge in [0.15, 0.2) is 5.11 Å². The highest BCUT2D eigenvalue weighted by molar-refractivity contribution is 7.80. The first-order chi connectivity index (χ1) is 12.9. The molecule has 9 heteroatoms. The van der Waals surface area contributed by atoms with Crippen molar-refractivity contribution in [2.75, 3.05) is 6.61 Å². The van der Waals surface area contributed by atoms with Gasteiger partial charge in [0.05, 0.1) is 17.2 Å². The summed E-state index contributed by atoms with van der Waals surface area (Å²) >= 11 is 10.8. The first-order valence-corrected chi connectivity index (χ1v) is 8.63. The number of hydrogen-bond acceptors (Lipinski definition) is 6. The van der Waals surface area contributed by atoms with Gasteiger partial charge in [-0.1, -0.05) is 11.6 Å². The molecule has 2 amide bonds. The molecule has 2 N–H and O–H groups in total. The predicted octanol–water partition coefficient (Wildman–Crippen LogP) is 2.69. The number of rotatable bonds is 4. The number of carbonyl (C=O) groups excluding carboxylic acids is 3. The summed E-state index contributed by atoms with van der Waals surface area (Å²) in [6, 6.07) is 8.03. The van der Waals surface area contributed by atoms with Gasteiger partial charge in [-0.3, -0.25) is 20.2 Å². The molecule has 0 radical (unpaired) electrons. The van der Waals surface area contributed by atoms with E-state index in [1.807, 2.05) is 0 Å². The van der Waals surface area contributed by atoms with Crippen molar-refractivity contribution in [3.05, 3.63) is 52.3 Å². The average Bonchev–Trinajstić information content (AvgIpc) is 3.07. The third-order valence-corrected chi connectivity index (χ3v) is 4.14. The Morgan fingerprint density at radius 2 is 1.93 bits per heavy atom. The molecule has 2 aromatic rings. The molecule has 0 saturated carbocycles. The van der Waals surface area contributed by atoms with E-state index in [0.717, 1.165) is 0 Å². The number of nitrogens with one attached hydrogen (secondary N) is 2. The van der Waals surface area contributed by atoms with Gasteiger partial charge in [-0.05, 0) is 55.5 Å². The van der Waals surface area contributed by atoms with E-state index >= 15 is 0 Å². The Hall–Kier alpha value is -2.97. The second-order valence-electron chi connectivity index (χ2n) is 5.41. The lowest BCUT2D eigenvalue weighted by atomic mass is 10.1. The van der Waals surface area contributed by atoms with Crippen LogP contribution < -0.4 is 10.6 Å². The van der Waals surface area contributed by atoms with Crippen molar-refractivity contribution in [1.29, 1.82) is 0 Å². The van der Waals surface area contributed by atoms with Gasteiger partial charge in [-0.15, -0.1) is 0 Å². The zero-order valence-electron chi connectivity index (χ0n) is 14.0. The highest BCUT2D eigenvalue weighted by atomic mass is 35.5. The van der Waals surface area contributed by atoms with E-state index in [0.29, 0.717) is 11.3 Å². The molecular formula is C18H13ClN2O5S. The molecule has 1 aromatic heterocycles. The lowest BCUT2D eigenvalue weighted by Crippen LogP contribution is -2.51. The molecule has 7 nitrogen and oxygen atoms in total. The summed E-state index contributed by atoms with van der Waals surface area (Å²) < 4.78 is 10.6. The molecular weight excluding hydrogens is 392 g/mol. The van der Waals surface area contributed by atoms with E-state index in [1.165, 1.54) is 6.08 Å². The summed E-state index contributed by atoms with van der Waals surface area (Å²) in [6.07, 6.45) is 1.30. The Morgan fingerprint density at radius 1 is 1.22 bits per heavy atom. The summed E-state index contributed by atoms with van der Waals surface area (Å²) in [5.41, 5.74) is 0.672. The maximum Gasteiger partial charge on any atom is 0.339 e. The fourth-order valence-corrected chi connectivity index (χ4v) is 2.76. The lowest BCUT2D eigenvalue weighted by Gasteiger charge is -2.15. The molecule has 0 aliphatic carbocycles. The normalized spacial score (nSPS) is 13.9. The minimum atomic E-state index is -0.613. The van der Waals surface area contributed by atoms with Gasteiger partial charge in [0.25, 0.3) is 11.8 Å². The summed E-state index contributed by atoms with van der Waals surface area (Å²) in [5.74, 6) is -1.05. The molecule has 27 heavy (non-hydrogen) atoms. The van der Waals surface area contributed by atoms with Gasteiger partial charge in [0, 0.05) is 5.56 Å². The highest BCUT2D eigenvalue weighted by Gasteiger charge is 2.26. The second-order valence-corrected chi connectivity index (χ2v) is 6.23. The number of benzene rings is 1. The van der Waals surface area contributed by atoms with Gasteiger partial charge < -0.3 is 9.15 Å². The molecule has 1 aliphatic rings. The van der Waals surface area contributed by atoms with Crippen LogP contribution in [-0.2, 0) is 14.3 Å². The van der Waals surface area contributed by atoms with E-state index < -0.39 is 17.8 Å². The number of esters is 1. The van der Waals surface area contributed by atoms with Crippen molar-refractivity contribution >= 4 is 52.8 Å². The summed E-state index contributed by atoms with van der Waals surface area (Å²) in [6.45, 7) is 1.93. The van der Waals surface area contributed by atoms with Gasteiger partial charge in [-0.25, -0.2) is 4.79 Å². The molecule has 0 unspecified atom stereocenters. The molecule has 1 fully saturated rings. The van der Waals surface area contributed by atoms with Crippen LogP contribution in [0.4, 0.5) is 0 Å². The zero-order valence-corrected chi connectivity index (χ0v) is 15.6. The second kappa shape index (κ2) is 7.73. The van der Waals surface area contributed by atoms with Gasteiger partial charge >= 0.3 is 5.97 Å². The molecule has 1 saturated heterocycles. The Morgan fingerprint density at radius 3 is 2.59 bits per heavy atom. The van der Waals surface area contributed by atoms with Crippen molar-refractivity contribution in [3.8, 4) is 11.3 Å². The summed E-state index contributed by atoms with van der Waals surface area (Å²) in [4.78, 5) is 35.7. The molecule has 138 valence electrons. The van der Waals surface area contributed by atoms with Crippen LogP contribution >= 0.6 is 23.8 Å². The third kappa shape index (κ3) is 4.07. The number of hydrogen-bond donors (Lipinski definition) is 2. The monoisotopic (exact) mass is 404 g/mol. The average molecular weight is 405 g/mol. The van der Waals surface area contributed by atoms with Crippen LogP contribution in [0.1, 0.15) is 23.0 Å². The van der Waals surface area contributed by atoms with Crippen molar-refractivity contribution < 1.29 is 23.5 Å². The number of carbonyl (C=O) groups is 3. The van der Waals surface area contributed by atoms with Gasteiger partial charge in [0.1, 0.15) is 17.1 Å². The van der Waals surface area contributed by atoms with Crippen molar-refractivity contribution in [2.24, 2.45) is 0 Å². The highest BCUT2D eigenvalue weighted by Crippen LogP contribution is 2.28. The third-order valence-electron chi connectivity index (χ3n) is 3.60. The van der Waals surface area contributed by atoms with E-state index in [1.54, 1.807) is 37.3 Å². The van der Waals surface area contributed by atoms with Crippen LogP contribution in [0.25, 0.3) is 17.4 Å². The first-order valence-electron chi connectivity index (χ1n) is 7.84. The smallest absolute Gasteiger partial charge is 0.339 e. The Balaban J connectivity index is 1.90. The largest absolute Gasteiger partial charge is 0.462 e. The topological polar surface area (TPSA) is 97.6 Å². The van der Waals surface area contributed by atoms with Crippen LogP contribution in [0, 0.1) is 0 Å². The quantitative estimate of drug-likeness (QED) is 0.352. The van der Waals surface area contributed by atoms with Crippen molar-refractivity contribution in [1.82, 2.24) is 10.6 Å². The Bertz CT molecular complexity index is 973. The van der Waals surface area contributed by atoms with Gasteiger partial charge in [0.2, 0.25) is 0 Å². The van der Waals surface area contributed by atoms with Crippen LogP contribution in [0.15, 0.2) is 40.3 Å². The fourth-order valence-electron chi connectivity index (χ4n) is 2.38. The zero-order chi connectivity index (χ0) is 19.6. The molecule has 2 heterocycles. The fraction of sp³-hybridized carbons (Fsp3) is 0.111. The van der Waals surface area contributed by atoms with Crippen molar-refractivity contribution in [2.45, 2.75) is 6.92 Å². The van der Waals surface area contributed by atoms with Crippen LogP contribution in [0.2, 0.25) is 5.02 Å². The summed E-state index contributed by atoms with van der Waals surface area (Å²) in [7, 11) is 0. The number of halogens is 1. The number of amides is 2. The molecule has 1 aliphatic heterocycles. The minimum Gasteiger partial charge on any atom is -0.462 e. The predicted molar refractivity (Wildman–Crippen MR) is 102 cm³/mol. The van der Waals surface area contributed by atoms with E-state index in [9.17, 15) is 14.4 Å². The first kappa shape index (κ1) is 18.8. The maximum absolute atomic E-state index is 12.0. The van der Waals surface area contributed by atoms with Crippen molar-refractivity contribution in [3.63, 3.8) is 0 Å². The van der Waals surface area contributed by atoms with E-state index in [2.05, 4.69) is 10.6 Å². The summed E-state index contributed by atoms with van der Waals surface area (Å²) in [5, 5.41) is 4.90. The Kier molecular flexibility index (Phi) is 5.38. The van der Waals surface area contributed by atoms with Crippen LogP contribution in [-0.4, -0.2) is 29.5 Å². The molecule has 3 rings (SSSR count). The molecule has 0 bridgehead atoms. The maximum atomic E-state index is 12.0. The number of thiocarbonyl (C=S) groups is 1. The van der Waals surface area contributed by atoms with E-state index in [4.69, 9.17) is 33.0 Å². The molecule has 1 aromatic carbocycles. The number of furan rings is 1. The molecule has 0 atom stereocenters. The van der Waals surface area contributed by atoms with Gasteiger partial charge in [-0.2, -0.15) is 0 Å². The standard InChI is InChI=1S/C18H13ClN2O5S/c1-2-25-17(24)11-7-9(3-5-13(11)19)14-6-4-10(26-14)8-12-15(22)20-18(27)21-16(12)23/h3-8H,2H2,1H3,(H2,20,21,22,23,27). The minimum absolute atomic E-state index is 0.0463. The number of ether oxygens (including phenoxy) is 1.